The van der Waals surface area contributed by atoms with E-state index in [1.54, 1.807) is 67.8 Å². The van der Waals surface area contributed by atoms with Crippen LogP contribution in [0.15, 0.2) is 72.8 Å². The molecule has 0 aromatic heterocycles. The molecule has 3 aromatic carbocycles. The molecule has 38 heavy (non-hydrogen) atoms. The van der Waals surface area contributed by atoms with Gasteiger partial charge >= 0.3 is 0 Å². The molecule has 3 unspecified atom stereocenters. The molecule has 0 amide bonds. The Hall–Kier alpha value is -3.49. The number of rotatable bonds is 9. The average Bonchev–Trinajstić information content (AvgIpc) is 3.50. The molecule has 0 spiro atoms. The fourth-order valence-electron chi connectivity index (χ4n) is 5.33. The van der Waals surface area contributed by atoms with Gasteiger partial charge in [-0.1, -0.05) is 38.1 Å². The van der Waals surface area contributed by atoms with Crippen molar-refractivity contribution < 1.29 is 28.1 Å². The highest BCUT2D eigenvalue weighted by Crippen LogP contribution is 2.51. The fraction of sp³-hybridized carbons (Fsp3) is 0.333. The van der Waals surface area contributed by atoms with Crippen molar-refractivity contribution in [1.29, 1.82) is 0 Å². The highest BCUT2D eigenvalue weighted by molar-refractivity contribution is 7.93. The molecule has 2 aliphatic heterocycles. The van der Waals surface area contributed by atoms with Gasteiger partial charge in [-0.25, -0.2) is 8.42 Å². The summed E-state index contributed by atoms with van der Waals surface area (Å²) in [5.41, 5.74) is 4.00. The standard InChI is InChI=1S/C30H33NO6S/c1-19(2)16-17-31(22-8-14-25(36-3)15-9-22)38(34,35)27-18-26-28(20-4-10-23(32)11-5-20)29(30(27)37-26)21-6-12-24(33)13-7-21/h4-15,19,26-27,30,32-33H,16-18H2,1-3H3. The van der Waals surface area contributed by atoms with E-state index in [1.165, 1.54) is 4.31 Å². The first-order valence-electron chi connectivity index (χ1n) is 12.8. The van der Waals surface area contributed by atoms with Crippen LogP contribution in [0.3, 0.4) is 0 Å². The summed E-state index contributed by atoms with van der Waals surface area (Å²) in [5.74, 6) is 1.28. The summed E-state index contributed by atoms with van der Waals surface area (Å²) < 4.78 is 41.8. The molecule has 3 aromatic rings. The lowest BCUT2D eigenvalue weighted by molar-refractivity contribution is 0.128. The van der Waals surface area contributed by atoms with Gasteiger partial charge in [-0.2, -0.15) is 0 Å². The summed E-state index contributed by atoms with van der Waals surface area (Å²) in [6.45, 7) is 4.52. The molecule has 7 nitrogen and oxygen atoms in total. The van der Waals surface area contributed by atoms with Gasteiger partial charge in [-0.3, -0.25) is 4.31 Å². The van der Waals surface area contributed by atoms with Crippen LogP contribution in [0.1, 0.15) is 37.8 Å². The van der Waals surface area contributed by atoms with Crippen LogP contribution in [0.4, 0.5) is 5.69 Å². The Morgan fingerprint density at radius 2 is 1.45 bits per heavy atom. The Labute approximate surface area is 224 Å². The number of fused-ring (bicyclic) bond motifs is 2. The number of benzene rings is 3. The molecule has 0 radical (unpaired) electrons. The first kappa shape index (κ1) is 26.1. The third-order valence-corrected chi connectivity index (χ3v) is 9.52. The monoisotopic (exact) mass is 535 g/mol. The van der Waals surface area contributed by atoms with Gasteiger partial charge in [0.25, 0.3) is 0 Å². The Balaban J connectivity index is 1.57. The minimum Gasteiger partial charge on any atom is -0.508 e. The lowest BCUT2D eigenvalue weighted by Gasteiger charge is -2.32. The van der Waals surface area contributed by atoms with Crippen LogP contribution < -0.4 is 9.04 Å². The molecule has 5 rings (SSSR count). The van der Waals surface area contributed by atoms with Gasteiger partial charge in [-0.15, -0.1) is 0 Å². The van der Waals surface area contributed by atoms with E-state index in [1.807, 2.05) is 12.1 Å². The number of methoxy groups -OCH3 is 1. The average molecular weight is 536 g/mol. The van der Waals surface area contributed by atoms with Crippen LogP contribution in [0.2, 0.25) is 0 Å². The van der Waals surface area contributed by atoms with Gasteiger partial charge in [0.1, 0.15) is 28.6 Å². The van der Waals surface area contributed by atoms with E-state index in [0.29, 0.717) is 36.7 Å². The van der Waals surface area contributed by atoms with Crippen molar-refractivity contribution in [2.75, 3.05) is 18.0 Å². The maximum Gasteiger partial charge on any atom is 0.241 e. The second-order valence-electron chi connectivity index (χ2n) is 10.2. The van der Waals surface area contributed by atoms with E-state index in [9.17, 15) is 18.6 Å². The maximum atomic E-state index is 14.3. The number of ether oxygens (including phenoxy) is 2. The van der Waals surface area contributed by atoms with Crippen molar-refractivity contribution in [3.05, 3.63) is 83.9 Å². The second-order valence-corrected chi connectivity index (χ2v) is 12.3. The predicted molar refractivity (Wildman–Crippen MR) is 149 cm³/mol. The maximum absolute atomic E-state index is 14.3. The molecular weight excluding hydrogens is 502 g/mol. The van der Waals surface area contributed by atoms with Gasteiger partial charge in [-0.05, 0) is 89.6 Å². The van der Waals surface area contributed by atoms with E-state index in [4.69, 9.17) is 9.47 Å². The number of phenolic OH excluding ortho intramolecular Hbond substituents is 2. The quantitative estimate of drug-likeness (QED) is 0.379. The van der Waals surface area contributed by atoms with Gasteiger partial charge in [0.05, 0.1) is 18.9 Å². The third kappa shape index (κ3) is 4.86. The van der Waals surface area contributed by atoms with Crippen molar-refractivity contribution in [2.24, 2.45) is 5.92 Å². The van der Waals surface area contributed by atoms with E-state index in [-0.39, 0.29) is 11.5 Å². The lowest BCUT2D eigenvalue weighted by atomic mass is 9.83. The summed E-state index contributed by atoms with van der Waals surface area (Å²) in [6, 6.07) is 20.8. The Kier molecular flexibility index (Phi) is 7.11. The molecule has 8 heteroatoms. The van der Waals surface area contributed by atoms with Crippen LogP contribution in [0, 0.1) is 5.92 Å². The number of anilines is 1. The largest absolute Gasteiger partial charge is 0.508 e. The third-order valence-electron chi connectivity index (χ3n) is 7.31. The molecule has 1 fully saturated rings. The van der Waals surface area contributed by atoms with Crippen LogP contribution in [-0.2, 0) is 14.8 Å². The number of aromatic hydroxyl groups is 2. The molecule has 0 aliphatic carbocycles. The SMILES string of the molecule is COc1ccc(N(CCC(C)C)S(=O)(=O)C2CC3OC2C(c2ccc(O)cc2)=C3c2ccc(O)cc2)cc1. The molecule has 2 aliphatic rings. The topological polar surface area (TPSA) is 96.3 Å². The minimum atomic E-state index is -3.82. The number of phenols is 2. The first-order valence-corrected chi connectivity index (χ1v) is 14.3. The molecule has 3 atom stereocenters. The summed E-state index contributed by atoms with van der Waals surface area (Å²) >= 11 is 0. The molecular formula is C30H33NO6S. The first-order chi connectivity index (χ1) is 18.2. The molecule has 1 saturated heterocycles. The fourth-order valence-corrected chi connectivity index (χ4v) is 7.37. The van der Waals surface area contributed by atoms with Crippen LogP contribution in [0.5, 0.6) is 17.2 Å². The minimum absolute atomic E-state index is 0.133. The highest BCUT2D eigenvalue weighted by Gasteiger charge is 2.54. The molecule has 200 valence electrons. The molecule has 2 heterocycles. The zero-order valence-electron chi connectivity index (χ0n) is 21.7. The van der Waals surface area contributed by atoms with Gasteiger partial charge < -0.3 is 19.7 Å². The van der Waals surface area contributed by atoms with E-state index in [2.05, 4.69) is 13.8 Å². The normalized spacial score (nSPS) is 20.8. The van der Waals surface area contributed by atoms with Crippen LogP contribution in [0.25, 0.3) is 11.1 Å². The van der Waals surface area contributed by atoms with Crippen molar-refractivity contribution >= 4 is 26.9 Å². The highest BCUT2D eigenvalue weighted by atomic mass is 32.2. The van der Waals surface area contributed by atoms with E-state index >= 15 is 0 Å². The van der Waals surface area contributed by atoms with E-state index in [0.717, 1.165) is 22.3 Å². The van der Waals surface area contributed by atoms with Crippen LogP contribution >= 0.6 is 0 Å². The van der Waals surface area contributed by atoms with Gasteiger partial charge in [0.15, 0.2) is 0 Å². The van der Waals surface area contributed by atoms with Crippen molar-refractivity contribution in [2.45, 2.75) is 44.1 Å². The second kappa shape index (κ2) is 10.3. The summed E-state index contributed by atoms with van der Waals surface area (Å²) in [5, 5.41) is 18.9. The van der Waals surface area contributed by atoms with Gasteiger partial charge in [0.2, 0.25) is 10.0 Å². The smallest absolute Gasteiger partial charge is 0.241 e. The predicted octanol–water partition coefficient (Wildman–Crippen LogP) is 5.44. The zero-order chi connectivity index (χ0) is 27.0. The molecule has 0 saturated carbocycles. The molecule has 2 bridgehead atoms. The number of hydrogen-bond donors (Lipinski definition) is 2. The number of sulfonamides is 1. The Morgan fingerprint density at radius 1 is 0.895 bits per heavy atom. The number of hydrogen-bond acceptors (Lipinski definition) is 6. The summed E-state index contributed by atoms with van der Waals surface area (Å²) in [4.78, 5) is 0. The summed E-state index contributed by atoms with van der Waals surface area (Å²) in [6.07, 6.45) is -0.0278. The Bertz CT molecular complexity index is 1410. The van der Waals surface area contributed by atoms with Crippen molar-refractivity contribution in [3.8, 4) is 17.2 Å². The summed E-state index contributed by atoms with van der Waals surface area (Å²) in [7, 11) is -2.24. The van der Waals surface area contributed by atoms with Gasteiger partial charge in [0, 0.05) is 6.54 Å². The Morgan fingerprint density at radius 3 is 1.97 bits per heavy atom. The van der Waals surface area contributed by atoms with Crippen molar-refractivity contribution in [1.82, 2.24) is 0 Å². The molecule has 2 N–H and O–H groups in total. The lowest BCUT2D eigenvalue weighted by Crippen LogP contribution is -2.44. The van der Waals surface area contributed by atoms with Crippen LogP contribution in [-0.4, -0.2) is 49.7 Å². The number of nitrogens with zero attached hydrogens (tertiary/aromatic N) is 1. The van der Waals surface area contributed by atoms with Crippen molar-refractivity contribution in [3.63, 3.8) is 0 Å². The van der Waals surface area contributed by atoms with E-state index < -0.39 is 27.5 Å². The zero-order valence-corrected chi connectivity index (χ0v) is 22.6.